The monoisotopic (exact) mass is 426 g/mol. The van der Waals surface area contributed by atoms with Crippen molar-refractivity contribution in [3.63, 3.8) is 0 Å². The van der Waals surface area contributed by atoms with Crippen molar-refractivity contribution in [2.75, 3.05) is 19.5 Å². The van der Waals surface area contributed by atoms with Gasteiger partial charge in [0.05, 0.1) is 31.0 Å². The van der Waals surface area contributed by atoms with E-state index in [1.54, 1.807) is 50.6 Å². The number of ketones is 1. The van der Waals surface area contributed by atoms with Crippen LogP contribution in [0.25, 0.3) is 22.2 Å². The number of aromatic nitrogens is 1. The normalized spacial score (nSPS) is 10.6. The smallest absolute Gasteiger partial charge is 0.256 e. The lowest BCUT2D eigenvalue weighted by Crippen LogP contribution is -2.13. The number of nitrogens with zero attached hydrogens (tertiary/aromatic N) is 1. The molecule has 1 amide bonds. The fraction of sp³-hybridized carbons (Fsp3) is 0.115. The van der Waals surface area contributed by atoms with Crippen molar-refractivity contribution in [2.24, 2.45) is 0 Å². The first-order chi connectivity index (χ1) is 15.5. The van der Waals surface area contributed by atoms with Crippen LogP contribution in [0.15, 0.2) is 72.8 Å². The van der Waals surface area contributed by atoms with Crippen LogP contribution >= 0.6 is 0 Å². The number of Topliss-reactive ketones (excluding diaryl/α,β-unsaturated/α-hetero) is 1. The molecule has 0 aliphatic heterocycles. The van der Waals surface area contributed by atoms with Crippen LogP contribution in [0, 0.1) is 0 Å². The minimum Gasteiger partial charge on any atom is -0.497 e. The lowest BCUT2D eigenvalue weighted by Gasteiger charge is -2.13. The van der Waals surface area contributed by atoms with E-state index in [2.05, 4.69) is 5.32 Å². The van der Waals surface area contributed by atoms with Crippen molar-refractivity contribution in [2.45, 2.75) is 6.92 Å². The van der Waals surface area contributed by atoms with Gasteiger partial charge in [0.15, 0.2) is 5.78 Å². The summed E-state index contributed by atoms with van der Waals surface area (Å²) in [5.74, 6) is 0.964. The molecule has 1 aromatic heterocycles. The Balaban J connectivity index is 1.77. The Morgan fingerprint density at radius 2 is 1.62 bits per heavy atom. The summed E-state index contributed by atoms with van der Waals surface area (Å²) in [4.78, 5) is 29.5. The molecule has 0 fully saturated rings. The Morgan fingerprint density at radius 3 is 2.31 bits per heavy atom. The largest absolute Gasteiger partial charge is 0.497 e. The number of rotatable bonds is 6. The fourth-order valence-corrected chi connectivity index (χ4v) is 3.50. The molecule has 0 radical (unpaired) electrons. The number of para-hydroxylation sites is 1. The van der Waals surface area contributed by atoms with E-state index in [1.807, 2.05) is 36.4 Å². The lowest BCUT2D eigenvalue weighted by atomic mass is 10.0. The summed E-state index contributed by atoms with van der Waals surface area (Å²) in [5.41, 5.74) is 3.73. The van der Waals surface area contributed by atoms with Gasteiger partial charge < -0.3 is 14.8 Å². The minimum absolute atomic E-state index is 0.0268. The second kappa shape index (κ2) is 8.89. The summed E-state index contributed by atoms with van der Waals surface area (Å²) >= 11 is 0. The number of fused-ring (bicyclic) bond motifs is 1. The molecular weight excluding hydrogens is 404 g/mol. The highest BCUT2D eigenvalue weighted by atomic mass is 16.5. The molecule has 0 spiro atoms. The molecule has 4 aromatic rings. The summed E-state index contributed by atoms with van der Waals surface area (Å²) in [7, 11) is 3.17. The Hall–Kier alpha value is -4.19. The Kier molecular flexibility index (Phi) is 5.85. The van der Waals surface area contributed by atoms with Crippen LogP contribution in [0.1, 0.15) is 27.6 Å². The number of methoxy groups -OCH3 is 2. The zero-order chi connectivity index (χ0) is 22.7. The average molecular weight is 426 g/mol. The van der Waals surface area contributed by atoms with E-state index in [4.69, 9.17) is 14.5 Å². The highest BCUT2D eigenvalue weighted by molar-refractivity contribution is 6.13. The van der Waals surface area contributed by atoms with E-state index in [-0.39, 0.29) is 11.7 Å². The molecule has 0 aliphatic carbocycles. The molecule has 3 aromatic carbocycles. The number of hydrogen-bond donors (Lipinski definition) is 1. The van der Waals surface area contributed by atoms with E-state index in [1.165, 1.54) is 6.92 Å². The van der Waals surface area contributed by atoms with Gasteiger partial charge in [-0.15, -0.1) is 0 Å². The molecule has 160 valence electrons. The maximum atomic E-state index is 13.2. The predicted octanol–water partition coefficient (Wildman–Crippen LogP) is 5.37. The number of pyridine rings is 1. The van der Waals surface area contributed by atoms with Gasteiger partial charge in [-0.3, -0.25) is 9.59 Å². The number of amides is 1. The second-order valence-electron chi connectivity index (χ2n) is 7.23. The van der Waals surface area contributed by atoms with Crippen molar-refractivity contribution < 1.29 is 19.1 Å². The second-order valence-corrected chi connectivity index (χ2v) is 7.23. The van der Waals surface area contributed by atoms with Crippen molar-refractivity contribution in [3.05, 3.63) is 83.9 Å². The number of carbonyl (C=O) groups is 2. The van der Waals surface area contributed by atoms with Gasteiger partial charge in [-0.2, -0.15) is 0 Å². The first-order valence-electron chi connectivity index (χ1n) is 10.0. The first-order valence-corrected chi connectivity index (χ1v) is 10.0. The Morgan fingerprint density at radius 1 is 0.875 bits per heavy atom. The third kappa shape index (κ3) is 4.16. The van der Waals surface area contributed by atoms with Crippen molar-refractivity contribution in [1.29, 1.82) is 0 Å². The molecule has 0 unspecified atom stereocenters. The minimum atomic E-state index is -0.270. The number of hydrogen-bond acceptors (Lipinski definition) is 5. The first kappa shape index (κ1) is 21.1. The van der Waals surface area contributed by atoms with Gasteiger partial charge in [0.25, 0.3) is 5.91 Å². The molecular formula is C26H22N2O4. The van der Waals surface area contributed by atoms with Gasteiger partial charge in [-0.05, 0) is 55.5 Å². The van der Waals surface area contributed by atoms with E-state index in [0.29, 0.717) is 39.5 Å². The van der Waals surface area contributed by atoms with Crippen molar-refractivity contribution >= 4 is 28.3 Å². The number of nitrogens with one attached hydrogen (secondary N) is 1. The van der Waals surface area contributed by atoms with Crippen LogP contribution in [0.2, 0.25) is 0 Å². The molecule has 1 N–H and O–H groups in total. The lowest BCUT2D eigenvalue weighted by molar-refractivity contribution is 0.101. The summed E-state index contributed by atoms with van der Waals surface area (Å²) in [5, 5.41) is 3.65. The van der Waals surface area contributed by atoms with Crippen LogP contribution in [0.4, 0.5) is 5.69 Å². The van der Waals surface area contributed by atoms with E-state index in [0.717, 1.165) is 10.9 Å². The quantitative estimate of drug-likeness (QED) is 0.419. The van der Waals surface area contributed by atoms with Crippen LogP contribution in [0.3, 0.4) is 0 Å². The summed E-state index contributed by atoms with van der Waals surface area (Å²) in [6.45, 7) is 1.51. The Labute approximate surface area is 185 Å². The zero-order valence-electron chi connectivity index (χ0n) is 18.0. The summed E-state index contributed by atoms with van der Waals surface area (Å²) in [6, 6.07) is 21.5. The Bertz CT molecular complexity index is 1310. The predicted molar refractivity (Wildman–Crippen MR) is 125 cm³/mol. The third-order valence-corrected chi connectivity index (χ3v) is 5.19. The van der Waals surface area contributed by atoms with Crippen LogP contribution in [0.5, 0.6) is 11.5 Å². The van der Waals surface area contributed by atoms with Crippen molar-refractivity contribution in [3.8, 4) is 22.8 Å². The summed E-state index contributed by atoms with van der Waals surface area (Å²) in [6.07, 6.45) is 0. The van der Waals surface area contributed by atoms with E-state index >= 15 is 0 Å². The fourth-order valence-electron chi connectivity index (χ4n) is 3.50. The molecule has 1 heterocycles. The number of anilines is 1. The van der Waals surface area contributed by atoms with Gasteiger partial charge >= 0.3 is 0 Å². The van der Waals surface area contributed by atoms with Crippen LogP contribution < -0.4 is 14.8 Å². The average Bonchev–Trinajstić information content (AvgIpc) is 2.83. The van der Waals surface area contributed by atoms with Crippen molar-refractivity contribution in [1.82, 2.24) is 4.98 Å². The van der Waals surface area contributed by atoms with Gasteiger partial charge in [0.1, 0.15) is 11.5 Å². The molecule has 0 bridgehead atoms. The molecule has 6 nitrogen and oxygen atoms in total. The van der Waals surface area contributed by atoms with Gasteiger partial charge in [0.2, 0.25) is 0 Å². The maximum Gasteiger partial charge on any atom is 0.256 e. The third-order valence-electron chi connectivity index (χ3n) is 5.19. The topological polar surface area (TPSA) is 77.5 Å². The highest BCUT2D eigenvalue weighted by Crippen LogP contribution is 2.34. The SMILES string of the molecule is COc1ccc(-c2cc(C(=O)Nc3ccc(C(C)=O)cc3)c3ccccc3n2)c(OC)c1. The van der Waals surface area contributed by atoms with Crippen LogP contribution in [-0.2, 0) is 0 Å². The summed E-state index contributed by atoms with van der Waals surface area (Å²) < 4.78 is 10.8. The zero-order valence-corrected chi connectivity index (χ0v) is 18.0. The van der Waals surface area contributed by atoms with Gasteiger partial charge in [0, 0.05) is 28.3 Å². The molecule has 0 saturated carbocycles. The standard InChI is InChI=1S/C26H22N2O4/c1-16(29)17-8-10-18(11-9-17)27-26(30)22-15-24(28-23-7-5-4-6-20(22)23)21-13-12-19(31-2)14-25(21)32-3/h4-15H,1-3H3,(H,27,30). The highest BCUT2D eigenvalue weighted by Gasteiger charge is 2.17. The molecule has 6 heteroatoms. The van der Waals surface area contributed by atoms with E-state index in [9.17, 15) is 9.59 Å². The maximum absolute atomic E-state index is 13.2. The van der Waals surface area contributed by atoms with Gasteiger partial charge in [-0.25, -0.2) is 4.98 Å². The van der Waals surface area contributed by atoms with E-state index < -0.39 is 0 Å². The number of carbonyl (C=O) groups excluding carboxylic acids is 2. The van der Waals surface area contributed by atoms with Gasteiger partial charge in [-0.1, -0.05) is 18.2 Å². The van der Waals surface area contributed by atoms with Crippen LogP contribution in [-0.4, -0.2) is 30.9 Å². The number of benzene rings is 3. The number of ether oxygens (including phenoxy) is 2. The molecule has 4 rings (SSSR count). The molecule has 32 heavy (non-hydrogen) atoms. The molecule has 0 atom stereocenters. The molecule has 0 saturated heterocycles. The molecule has 0 aliphatic rings.